The molecule has 0 saturated heterocycles. The van der Waals surface area contributed by atoms with E-state index in [0.29, 0.717) is 0 Å². The van der Waals surface area contributed by atoms with Gasteiger partial charge in [-0.25, -0.2) is 0 Å². The average molecular weight is 294 g/mol. The van der Waals surface area contributed by atoms with Gasteiger partial charge in [-0.2, -0.15) is 0 Å². The average Bonchev–Trinajstić information content (AvgIpc) is 0. The van der Waals surface area contributed by atoms with Crippen molar-refractivity contribution in [3.63, 3.8) is 0 Å². The Bertz CT molecular complexity index is 8.00. The van der Waals surface area contributed by atoms with E-state index in [-0.39, 0.29) is 102 Å². The van der Waals surface area contributed by atoms with Gasteiger partial charge in [0.25, 0.3) is 0 Å². The monoisotopic (exact) mass is 294 g/mol. The molecule has 0 rings (SSSR count). The van der Waals surface area contributed by atoms with Gasteiger partial charge in [0.1, 0.15) is 0 Å². The topological polar surface area (TPSA) is 30.0 Å². The molecule has 1 nitrogen and oxygen atoms in total. The Morgan fingerprint density at radius 2 is 1.00 bits per heavy atom. The molecule has 0 aliphatic rings. The molecular formula is H2BaOTiZr. The summed E-state index contributed by atoms with van der Waals surface area (Å²) in [6, 6.07) is 0. The van der Waals surface area contributed by atoms with E-state index >= 15 is 0 Å². The van der Waals surface area contributed by atoms with Gasteiger partial charge in [-0.15, -0.1) is 0 Å². The third kappa shape index (κ3) is 8.93. The molecule has 4 heavy (non-hydrogen) atoms. The Morgan fingerprint density at radius 3 is 1.00 bits per heavy atom. The van der Waals surface area contributed by atoms with Crippen LogP contribution in [0.5, 0.6) is 0 Å². The molecule has 0 aromatic carbocycles. The first kappa shape index (κ1) is 27.4. The molecule has 0 fully saturated rings. The maximum Gasteiger partial charge on any atom is 0 e. The second-order valence-electron chi connectivity index (χ2n) is 0. The molecule has 0 aromatic rings. The van der Waals surface area contributed by atoms with Crippen molar-refractivity contribution >= 4 is 48.9 Å². The van der Waals surface area contributed by atoms with Crippen LogP contribution >= 0.6 is 0 Å². The largest absolute Gasteiger partial charge is 0.870 e. The van der Waals surface area contributed by atoms with E-state index in [4.69, 9.17) is 0 Å². The molecule has 0 saturated carbocycles. The standard InChI is InChI=1S/Ba.H2O.Ti.Zr.H/h;1H2;;;/q+1;;;;/p-1. The summed E-state index contributed by atoms with van der Waals surface area (Å²) >= 11 is 0. The Hall–Kier alpha value is 3.13. The van der Waals surface area contributed by atoms with Crippen molar-refractivity contribution in [1.82, 2.24) is 0 Å². The third-order valence-electron chi connectivity index (χ3n) is 0. The van der Waals surface area contributed by atoms with Crippen molar-refractivity contribution in [3.8, 4) is 0 Å². The van der Waals surface area contributed by atoms with Gasteiger partial charge in [0.05, 0.1) is 0 Å². The summed E-state index contributed by atoms with van der Waals surface area (Å²) in [5.41, 5.74) is 0. The first-order chi connectivity index (χ1) is 0. The van der Waals surface area contributed by atoms with Crippen LogP contribution in [-0.2, 0) is 47.9 Å². The molecule has 1 N–H and O–H groups in total. The second-order valence-corrected chi connectivity index (χ2v) is 0. The fraction of sp³-hybridized carbons (Fsp3) is 0. The molecule has 0 atom stereocenters. The first-order valence-electron chi connectivity index (χ1n) is 0. The molecule has 0 aliphatic heterocycles. The van der Waals surface area contributed by atoms with Crippen molar-refractivity contribution < 1.29 is 53.4 Å². The fourth-order valence-corrected chi connectivity index (χ4v) is 0. The van der Waals surface area contributed by atoms with Crippen molar-refractivity contribution in [2.75, 3.05) is 0 Å². The van der Waals surface area contributed by atoms with Gasteiger partial charge in [-0.3, -0.25) is 0 Å². The van der Waals surface area contributed by atoms with Gasteiger partial charge in [-0.05, 0) is 0 Å². The van der Waals surface area contributed by atoms with Crippen LogP contribution in [0.2, 0.25) is 0 Å². The Balaban J connectivity index is 0. The molecule has 0 aromatic heterocycles. The van der Waals surface area contributed by atoms with E-state index in [2.05, 4.69) is 0 Å². The third-order valence-corrected chi connectivity index (χ3v) is 0. The molecule has 0 amide bonds. The number of hydrogen-bond donors (Lipinski definition) is 0. The van der Waals surface area contributed by atoms with Crippen LogP contribution in [0.3, 0.4) is 0 Å². The summed E-state index contributed by atoms with van der Waals surface area (Å²) in [5, 5.41) is 0. The molecule has 0 spiro atoms. The van der Waals surface area contributed by atoms with E-state index in [1.54, 1.807) is 0 Å². The molecule has 0 bridgehead atoms. The van der Waals surface area contributed by atoms with Crippen LogP contribution in [0.25, 0.3) is 0 Å². The van der Waals surface area contributed by atoms with Crippen LogP contribution in [0.4, 0.5) is 0 Å². The zero-order valence-electron chi connectivity index (χ0n) is 2.45. The Morgan fingerprint density at radius 1 is 1.00 bits per heavy atom. The summed E-state index contributed by atoms with van der Waals surface area (Å²) < 4.78 is 0. The zero-order chi connectivity index (χ0) is 0. The molecule has 0 heterocycles. The summed E-state index contributed by atoms with van der Waals surface area (Å²) in [6.45, 7) is 0. The SMILES string of the molecule is [BaH+].[OH-].[Ti].[Zr]. The summed E-state index contributed by atoms with van der Waals surface area (Å²) in [4.78, 5) is 0. The molecule has 4 heteroatoms. The fourth-order valence-electron chi connectivity index (χ4n) is 0. The number of hydrogen-bond acceptors (Lipinski definition) is 1. The van der Waals surface area contributed by atoms with E-state index in [0.717, 1.165) is 0 Å². The van der Waals surface area contributed by atoms with Gasteiger partial charge in [0.2, 0.25) is 0 Å². The van der Waals surface area contributed by atoms with E-state index in [1.165, 1.54) is 0 Å². The van der Waals surface area contributed by atoms with Crippen molar-refractivity contribution in [2.45, 2.75) is 0 Å². The quantitative estimate of drug-likeness (QED) is 0.536. The molecule has 0 aliphatic carbocycles. The van der Waals surface area contributed by atoms with Crippen LogP contribution in [0, 0.1) is 0 Å². The summed E-state index contributed by atoms with van der Waals surface area (Å²) in [7, 11) is 0. The smallest absolute Gasteiger partial charge is 0 e. The normalized spacial score (nSPS) is 0. The minimum Gasteiger partial charge on any atom is -0.870 e. The van der Waals surface area contributed by atoms with Crippen LogP contribution < -0.4 is 0 Å². The van der Waals surface area contributed by atoms with Crippen LogP contribution in [0.15, 0.2) is 0 Å². The first-order valence-corrected chi connectivity index (χ1v) is 0. The minimum atomic E-state index is 0. The van der Waals surface area contributed by atoms with E-state index in [9.17, 15) is 0 Å². The maximum atomic E-state index is 0. The van der Waals surface area contributed by atoms with Gasteiger partial charge >= 0.3 is 48.9 Å². The summed E-state index contributed by atoms with van der Waals surface area (Å²) in [5.74, 6) is 0. The van der Waals surface area contributed by atoms with Gasteiger partial charge in [0.15, 0.2) is 0 Å². The van der Waals surface area contributed by atoms with Crippen LogP contribution in [0.1, 0.15) is 0 Å². The Labute approximate surface area is 99.7 Å². The molecule has 0 radical (unpaired) electrons. The minimum absolute atomic E-state index is 0. The molecule has 18 valence electrons. The second kappa shape index (κ2) is 16.5. The van der Waals surface area contributed by atoms with Gasteiger partial charge in [0, 0.05) is 47.9 Å². The van der Waals surface area contributed by atoms with Crippen molar-refractivity contribution in [2.24, 2.45) is 0 Å². The predicted octanol–water partition coefficient (Wildman–Crippen LogP) is -0.830. The van der Waals surface area contributed by atoms with E-state index < -0.39 is 0 Å². The maximum absolute atomic E-state index is 0. The zero-order valence-corrected chi connectivity index (χ0v) is 12.7. The van der Waals surface area contributed by atoms with Gasteiger partial charge in [-0.1, -0.05) is 0 Å². The number of rotatable bonds is 0. The molecular weight excluding hydrogens is 292 g/mol. The Kier molecular flexibility index (Phi) is 113. The van der Waals surface area contributed by atoms with Crippen LogP contribution in [-0.4, -0.2) is 54.4 Å². The van der Waals surface area contributed by atoms with Gasteiger partial charge < -0.3 is 5.48 Å². The predicted molar refractivity (Wildman–Crippen MR) is 9.08 cm³/mol. The van der Waals surface area contributed by atoms with E-state index in [1.807, 2.05) is 0 Å². The summed E-state index contributed by atoms with van der Waals surface area (Å²) in [6.07, 6.45) is 0. The molecule has 0 unspecified atom stereocenters. The van der Waals surface area contributed by atoms with Crippen molar-refractivity contribution in [1.29, 1.82) is 0 Å². The van der Waals surface area contributed by atoms with Crippen molar-refractivity contribution in [3.05, 3.63) is 0 Å².